The summed E-state index contributed by atoms with van der Waals surface area (Å²) in [6.45, 7) is 0.469. The van der Waals surface area contributed by atoms with Crippen LogP contribution in [0.3, 0.4) is 0 Å². The SMILES string of the molecule is O=C1C2Cc3c([nH]c4ccccc34)C(c3cccc(N([O-])O)c3)N2C(=O)CN1CCc1ccccc1. The Morgan fingerprint density at radius 3 is 2.58 bits per heavy atom. The Kier molecular flexibility index (Phi) is 5.47. The van der Waals surface area contributed by atoms with E-state index >= 15 is 0 Å². The maximum absolute atomic E-state index is 13.8. The largest absolute Gasteiger partial charge is 0.733 e. The Balaban J connectivity index is 1.42. The van der Waals surface area contributed by atoms with Crippen molar-refractivity contribution >= 4 is 28.4 Å². The highest BCUT2D eigenvalue weighted by molar-refractivity contribution is 5.97. The van der Waals surface area contributed by atoms with Crippen LogP contribution in [-0.2, 0) is 22.4 Å². The van der Waals surface area contributed by atoms with E-state index in [9.17, 15) is 20.0 Å². The predicted molar refractivity (Wildman–Crippen MR) is 135 cm³/mol. The van der Waals surface area contributed by atoms with E-state index in [1.807, 2.05) is 60.7 Å². The zero-order chi connectivity index (χ0) is 24.8. The quantitative estimate of drug-likeness (QED) is 0.422. The molecule has 8 nitrogen and oxygen atoms in total. The number of anilines is 1. The minimum Gasteiger partial charge on any atom is -0.733 e. The van der Waals surface area contributed by atoms with E-state index in [1.165, 1.54) is 6.07 Å². The summed E-state index contributed by atoms with van der Waals surface area (Å²) in [4.78, 5) is 34.2. The van der Waals surface area contributed by atoms with Crippen LogP contribution in [0.25, 0.3) is 10.9 Å². The molecule has 2 amide bonds. The van der Waals surface area contributed by atoms with Gasteiger partial charge >= 0.3 is 0 Å². The molecular weight excluding hydrogens is 456 g/mol. The Morgan fingerprint density at radius 1 is 1.00 bits per heavy atom. The van der Waals surface area contributed by atoms with E-state index in [-0.39, 0.29) is 29.3 Å². The molecule has 2 unspecified atom stereocenters. The fraction of sp³-hybridized carbons (Fsp3) is 0.214. The molecule has 3 heterocycles. The minimum atomic E-state index is -0.653. The standard InChI is InChI=1S/C28H25N4O4/c33-25-17-30(14-13-18-7-2-1-3-8-18)28(34)24-16-22-21-11-4-5-12-23(21)29-26(22)27(31(24)25)19-9-6-10-20(15-19)32(35)36/h1-12,15,24,27,29,35H,13-14,16-17H2/q-1. The van der Waals surface area contributed by atoms with Crippen molar-refractivity contribution in [1.82, 2.24) is 14.8 Å². The van der Waals surface area contributed by atoms with Gasteiger partial charge in [-0.1, -0.05) is 60.7 Å². The van der Waals surface area contributed by atoms with Crippen molar-refractivity contribution < 1.29 is 14.8 Å². The summed E-state index contributed by atoms with van der Waals surface area (Å²) in [6.07, 6.45) is 1.09. The number of H-pyrrole nitrogens is 1. The highest BCUT2D eigenvalue weighted by Crippen LogP contribution is 2.43. The molecule has 1 saturated heterocycles. The molecule has 0 aliphatic carbocycles. The molecule has 6 rings (SSSR count). The van der Waals surface area contributed by atoms with Gasteiger partial charge in [0, 0.05) is 29.6 Å². The molecule has 1 aromatic heterocycles. The number of hydrogen-bond acceptors (Lipinski definition) is 5. The first kappa shape index (κ1) is 22.3. The number of nitrogens with zero attached hydrogens (tertiary/aromatic N) is 3. The van der Waals surface area contributed by atoms with Crippen LogP contribution >= 0.6 is 0 Å². The molecule has 2 atom stereocenters. The van der Waals surface area contributed by atoms with E-state index in [2.05, 4.69) is 4.98 Å². The number of piperazine rings is 1. The number of nitrogens with one attached hydrogen (secondary N) is 1. The summed E-state index contributed by atoms with van der Waals surface area (Å²) in [5.41, 5.74) is 4.59. The second kappa shape index (κ2) is 8.82. The molecule has 4 aromatic rings. The molecule has 0 spiro atoms. The molecule has 8 heteroatoms. The summed E-state index contributed by atoms with van der Waals surface area (Å²) in [6, 6.07) is 23.1. The van der Waals surface area contributed by atoms with Gasteiger partial charge in [-0.15, -0.1) is 0 Å². The lowest BCUT2D eigenvalue weighted by atomic mass is 9.86. The van der Waals surface area contributed by atoms with Crippen molar-refractivity contribution in [2.75, 3.05) is 18.3 Å². The van der Waals surface area contributed by atoms with Crippen molar-refractivity contribution in [3.05, 3.63) is 106 Å². The van der Waals surface area contributed by atoms with E-state index in [1.54, 1.807) is 21.9 Å². The second-order valence-electron chi connectivity index (χ2n) is 9.35. The fourth-order valence-electron chi connectivity index (χ4n) is 5.58. The first-order valence-corrected chi connectivity index (χ1v) is 12.0. The summed E-state index contributed by atoms with van der Waals surface area (Å²) in [5.74, 6) is -0.217. The Bertz CT molecular complexity index is 1450. The van der Waals surface area contributed by atoms with Crippen LogP contribution in [0.2, 0.25) is 0 Å². The highest BCUT2D eigenvalue weighted by Gasteiger charge is 2.48. The molecule has 36 heavy (non-hydrogen) atoms. The lowest BCUT2D eigenvalue weighted by Gasteiger charge is -2.47. The van der Waals surface area contributed by atoms with Crippen molar-refractivity contribution in [2.45, 2.75) is 24.9 Å². The maximum atomic E-state index is 13.8. The molecule has 182 valence electrons. The second-order valence-corrected chi connectivity index (χ2v) is 9.35. The summed E-state index contributed by atoms with van der Waals surface area (Å²) in [7, 11) is 0. The van der Waals surface area contributed by atoms with Crippen molar-refractivity contribution in [2.24, 2.45) is 0 Å². The van der Waals surface area contributed by atoms with Crippen LogP contribution in [0, 0.1) is 5.21 Å². The third kappa shape index (κ3) is 3.71. The van der Waals surface area contributed by atoms with Crippen LogP contribution in [-0.4, -0.2) is 50.9 Å². The van der Waals surface area contributed by atoms with E-state index in [0.717, 1.165) is 27.7 Å². The number of amides is 2. The molecular formula is C28H25N4O4-. The zero-order valence-corrected chi connectivity index (χ0v) is 19.5. The molecule has 0 saturated carbocycles. The highest BCUT2D eigenvalue weighted by atomic mass is 16.8. The Labute approximate surface area is 207 Å². The Hall–Kier alpha value is -4.14. The number of aromatic amines is 1. The third-order valence-corrected chi connectivity index (χ3v) is 7.26. The molecule has 2 aliphatic heterocycles. The van der Waals surface area contributed by atoms with Gasteiger partial charge in [-0.05, 0) is 41.3 Å². The van der Waals surface area contributed by atoms with Crippen molar-refractivity contribution in [1.29, 1.82) is 0 Å². The normalized spacial score (nSPS) is 19.4. The number of carbonyl (C=O) groups is 2. The van der Waals surface area contributed by atoms with Crippen LogP contribution < -0.4 is 5.23 Å². The Morgan fingerprint density at radius 2 is 1.78 bits per heavy atom. The zero-order valence-electron chi connectivity index (χ0n) is 19.5. The van der Waals surface area contributed by atoms with Gasteiger partial charge in [0.05, 0.1) is 18.3 Å². The molecule has 3 aromatic carbocycles. The monoisotopic (exact) mass is 481 g/mol. The fourth-order valence-corrected chi connectivity index (χ4v) is 5.58. The molecule has 2 aliphatic rings. The predicted octanol–water partition coefficient (Wildman–Crippen LogP) is 3.79. The molecule has 0 radical (unpaired) electrons. The van der Waals surface area contributed by atoms with Gasteiger partial charge in [-0.3, -0.25) is 14.8 Å². The van der Waals surface area contributed by atoms with Gasteiger partial charge in [0.2, 0.25) is 11.8 Å². The van der Waals surface area contributed by atoms with Gasteiger partial charge in [0.25, 0.3) is 0 Å². The lowest BCUT2D eigenvalue weighted by Crippen LogP contribution is -2.63. The van der Waals surface area contributed by atoms with Gasteiger partial charge in [0.15, 0.2) is 0 Å². The average molecular weight is 482 g/mol. The molecule has 0 bridgehead atoms. The van der Waals surface area contributed by atoms with Crippen LogP contribution in [0.4, 0.5) is 5.69 Å². The van der Waals surface area contributed by atoms with Crippen molar-refractivity contribution in [3.63, 3.8) is 0 Å². The summed E-state index contributed by atoms with van der Waals surface area (Å²) >= 11 is 0. The smallest absolute Gasteiger partial charge is 0.246 e. The van der Waals surface area contributed by atoms with Gasteiger partial charge in [-0.25, -0.2) is 0 Å². The summed E-state index contributed by atoms with van der Waals surface area (Å²) < 4.78 is 0. The minimum absolute atomic E-state index is 0.00159. The van der Waals surface area contributed by atoms with E-state index < -0.39 is 12.1 Å². The van der Waals surface area contributed by atoms with Crippen molar-refractivity contribution in [3.8, 4) is 0 Å². The van der Waals surface area contributed by atoms with Crippen LogP contribution in [0.15, 0.2) is 78.9 Å². The number of hydrogen-bond donors (Lipinski definition) is 2. The lowest BCUT2D eigenvalue weighted by molar-refractivity contribution is -0.158. The van der Waals surface area contributed by atoms with Gasteiger partial charge in [0.1, 0.15) is 6.04 Å². The maximum Gasteiger partial charge on any atom is 0.246 e. The third-order valence-electron chi connectivity index (χ3n) is 7.26. The van der Waals surface area contributed by atoms with Gasteiger partial charge in [-0.2, -0.15) is 0 Å². The first-order chi connectivity index (χ1) is 17.5. The number of fused-ring (bicyclic) bond motifs is 4. The average Bonchev–Trinajstić information content (AvgIpc) is 3.28. The number of rotatable bonds is 5. The van der Waals surface area contributed by atoms with Gasteiger partial charge < -0.3 is 25.2 Å². The van der Waals surface area contributed by atoms with Crippen LogP contribution in [0.5, 0.6) is 0 Å². The summed E-state index contributed by atoms with van der Waals surface area (Å²) in [5, 5.41) is 21.9. The number of benzene rings is 3. The van der Waals surface area contributed by atoms with E-state index in [4.69, 9.17) is 0 Å². The molecule has 1 fully saturated rings. The topological polar surface area (TPSA) is 103 Å². The number of carbonyl (C=O) groups excluding carboxylic acids is 2. The van der Waals surface area contributed by atoms with Crippen LogP contribution in [0.1, 0.15) is 28.4 Å². The molecule has 2 N–H and O–H groups in total. The van der Waals surface area contributed by atoms with E-state index in [0.29, 0.717) is 24.9 Å². The number of aromatic nitrogens is 1. The number of para-hydroxylation sites is 1. The first-order valence-electron chi connectivity index (χ1n) is 12.0.